The predicted octanol–water partition coefficient (Wildman–Crippen LogP) is 2.47. The van der Waals surface area contributed by atoms with Gasteiger partial charge in [-0.1, -0.05) is 0 Å². The van der Waals surface area contributed by atoms with Crippen LogP contribution in [0.1, 0.15) is 19.8 Å². The van der Waals surface area contributed by atoms with Gasteiger partial charge in [0.2, 0.25) is 0 Å². The van der Waals surface area contributed by atoms with Gasteiger partial charge < -0.3 is 0 Å². The Kier molecular flexibility index (Phi) is 3.22. The van der Waals surface area contributed by atoms with Gasteiger partial charge in [-0.15, -0.1) is 0 Å². The van der Waals surface area contributed by atoms with Crippen molar-refractivity contribution in [3.63, 3.8) is 0 Å². The van der Waals surface area contributed by atoms with Crippen molar-refractivity contribution in [1.82, 2.24) is 3.98 Å². The van der Waals surface area contributed by atoms with Gasteiger partial charge in [0.05, 0.1) is 0 Å². The average Bonchev–Trinajstić information content (AvgIpc) is 2.65. The van der Waals surface area contributed by atoms with Crippen LogP contribution in [0.3, 0.4) is 0 Å². The summed E-state index contributed by atoms with van der Waals surface area (Å²) in [4.78, 5) is 0. The molecule has 0 N–H and O–H groups in total. The maximum absolute atomic E-state index is 5.62. The summed E-state index contributed by atoms with van der Waals surface area (Å²) >= 11 is 0.303. The Morgan fingerprint density at radius 3 is 3.21 bits per heavy atom. The third-order valence-electron chi connectivity index (χ3n) is 2.09. The van der Waals surface area contributed by atoms with E-state index in [1.165, 1.54) is 16.1 Å². The van der Waals surface area contributed by atoms with E-state index in [1.807, 2.05) is 12.3 Å². The van der Waals surface area contributed by atoms with Crippen LogP contribution in [0.2, 0.25) is 0 Å². The zero-order valence-corrected chi connectivity index (χ0v) is 9.91. The van der Waals surface area contributed by atoms with E-state index in [0.717, 1.165) is 18.8 Å². The first-order valence-electron chi connectivity index (χ1n) is 4.87. The van der Waals surface area contributed by atoms with Crippen LogP contribution in [0.25, 0.3) is 9.65 Å². The first-order chi connectivity index (χ1) is 6.90. The molecule has 74 valence electrons. The van der Waals surface area contributed by atoms with Crippen molar-refractivity contribution >= 4 is 24.4 Å². The van der Waals surface area contributed by atoms with E-state index in [1.54, 1.807) is 0 Å². The topological polar surface area (TPSA) is 22.1 Å². The molecule has 0 saturated heterocycles. The van der Waals surface area contributed by atoms with Crippen molar-refractivity contribution in [2.45, 2.75) is 19.8 Å². The van der Waals surface area contributed by atoms with Crippen LogP contribution < -0.4 is 4.74 Å². The van der Waals surface area contributed by atoms with Crippen molar-refractivity contribution in [2.24, 2.45) is 0 Å². The summed E-state index contributed by atoms with van der Waals surface area (Å²) in [5.41, 5.74) is 0. The second-order valence-corrected chi connectivity index (χ2v) is 4.98. The van der Waals surface area contributed by atoms with E-state index in [9.17, 15) is 0 Å². The molecule has 1 aromatic heterocycles. The Labute approximate surface area is 89.9 Å². The second kappa shape index (κ2) is 4.63. The zero-order valence-electron chi connectivity index (χ0n) is 8.19. The maximum atomic E-state index is 5.62. The molecular formula is C11H13NOSe. The second-order valence-electron chi connectivity index (χ2n) is 3.23. The van der Waals surface area contributed by atoms with Crippen LogP contribution in [-0.4, -0.2) is 25.3 Å². The molecule has 14 heavy (non-hydrogen) atoms. The molecule has 0 aliphatic rings. The van der Waals surface area contributed by atoms with Crippen molar-refractivity contribution < 1.29 is 4.74 Å². The number of aromatic nitrogens is 1. The first kappa shape index (κ1) is 9.75. The van der Waals surface area contributed by atoms with Gasteiger partial charge >= 0.3 is 89.6 Å². The average molecular weight is 254 g/mol. The minimum atomic E-state index is 0.303. The fourth-order valence-corrected chi connectivity index (χ4v) is 2.59. The number of unbranched alkanes of at least 4 members (excludes halogenated alkanes) is 1. The predicted molar refractivity (Wildman–Crippen MR) is 59.1 cm³/mol. The number of hydrogen-bond acceptors (Lipinski definition) is 2. The standard InChI is InChI=1S/C11H13NOSe/c1-2-3-6-13-10-4-5-11-9(7-10)8-12-14-11/h4-5,7-8H,2-3,6H2,1H3. The normalized spacial score (nSPS) is 10.6. The molecule has 2 rings (SSSR count). The molecule has 0 atom stereocenters. The zero-order chi connectivity index (χ0) is 9.80. The summed E-state index contributed by atoms with van der Waals surface area (Å²) < 4.78 is 11.2. The quantitative estimate of drug-likeness (QED) is 0.617. The van der Waals surface area contributed by atoms with E-state index in [0.29, 0.717) is 14.7 Å². The Balaban J connectivity index is 2.10. The van der Waals surface area contributed by atoms with Crippen LogP contribution >= 0.6 is 0 Å². The minimum absolute atomic E-state index is 0.303. The Bertz CT molecular complexity index is 410. The molecule has 1 aromatic carbocycles. The third kappa shape index (κ3) is 2.17. The molecule has 0 aliphatic heterocycles. The molecule has 0 amide bonds. The van der Waals surface area contributed by atoms with Crippen LogP contribution in [0.15, 0.2) is 24.4 Å². The van der Waals surface area contributed by atoms with Gasteiger partial charge in [0.25, 0.3) is 0 Å². The molecule has 0 spiro atoms. The molecule has 0 bridgehead atoms. The van der Waals surface area contributed by atoms with Crippen LogP contribution in [0.5, 0.6) is 5.75 Å². The third-order valence-corrected chi connectivity index (χ3v) is 3.73. The van der Waals surface area contributed by atoms with E-state index >= 15 is 0 Å². The van der Waals surface area contributed by atoms with Gasteiger partial charge in [0.1, 0.15) is 0 Å². The van der Waals surface area contributed by atoms with E-state index in [2.05, 4.69) is 23.0 Å². The molecule has 0 saturated carbocycles. The molecule has 3 heteroatoms. The van der Waals surface area contributed by atoms with E-state index in [-0.39, 0.29) is 0 Å². The summed E-state index contributed by atoms with van der Waals surface area (Å²) in [5.74, 6) is 0.973. The molecule has 2 aromatic rings. The Hall–Kier alpha value is -0.791. The molecule has 0 unspecified atom stereocenters. The Morgan fingerprint density at radius 2 is 2.36 bits per heavy atom. The number of nitrogens with zero attached hydrogens (tertiary/aromatic N) is 1. The fraction of sp³-hybridized carbons (Fsp3) is 0.364. The molecular weight excluding hydrogens is 241 g/mol. The summed E-state index contributed by atoms with van der Waals surface area (Å²) in [6.45, 7) is 2.98. The van der Waals surface area contributed by atoms with Crippen molar-refractivity contribution in [1.29, 1.82) is 0 Å². The van der Waals surface area contributed by atoms with E-state index in [4.69, 9.17) is 4.74 Å². The summed E-state index contributed by atoms with van der Waals surface area (Å²) in [5, 5.41) is 1.24. The van der Waals surface area contributed by atoms with Crippen LogP contribution in [0, 0.1) is 0 Å². The van der Waals surface area contributed by atoms with Gasteiger partial charge in [-0.2, -0.15) is 0 Å². The fourth-order valence-electron chi connectivity index (χ4n) is 1.27. The SMILES string of the molecule is CCCCOc1ccc2[se]ncc2c1. The van der Waals surface area contributed by atoms with Gasteiger partial charge in [0.15, 0.2) is 0 Å². The molecule has 0 fully saturated rings. The van der Waals surface area contributed by atoms with Crippen molar-refractivity contribution in [3.05, 3.63) is 24.4 Å². The molecule has 0 aliphatic carbocycles. The Morgan fingerprint density at radius 1 is 1.43 bits per heavy atom. The van der Waals surface area contributed by atoms with Gasteiger partial charge in [-0.3, -0.25) is 0 Å². The first-order valence-corrected chi connectivity index (χ1v) is 6.49. The van der Waals surface area contributed by atoms with Crippen LogP contribution in [0.4, 0.5) is 0 Å². The van der Waals surface area contributed by atoms with Crippen molar-refractivity contribution in [2.75, 3.05) is 6.61 Å². The van der Waals surface area contributed by atoms with Gasteiger partial charge in [-0.25, -0.2) is 0 Å². The number of ether oxygens (including phenoxy) is 1. The monoisotopic (exact) mass is 255 g/mol. The summed E-state index contributed by atoms with van der Waals surface area (Å²) in [7, 11) is 0. The molecule has 1 heterocycles. The van der Waals surface area contributed by atoms with E-state index < -0.39 is 0 Å². The molecule has 2 nitrogen and oxygen atoms in total. The molecule has 0 radical (unpaired) electrons. The van der Waals surface area contributed by atoms with Gasteiger partial charge in [-0.05, 0) is 0 Å². The number of benzene rings is 1. The van der Waals surface area contributed by atoms with Gasteiger partial charge in [0, 0.05) is 0 Å². The van der Waals surface area contributed by atoms with Crippen molar-refractivity contribution in [3.8, 4) is 5.75 Å². The number of fused-ring (bicyclic) bond motifs is 1. The summed E-state index contributed by atoms with van der Waals surface area (Å²) in [6, 6.07) is 6.26. The number of hydrogen-bond donors (Lipinski definition) is 0. The van der Waals surface area contributed by atoms with Crippen LogP contribution in [-0.2, 0) is 0 Å². The number of rotatable bonds is 4. The summed E-state index contributed by atoms with van der Waals surface area (Å²) in [6.07, 6.45) is 4.24.